The molecule has 0 aliphatic heterocycles. The van der Waals surface area contributed by atoms with Crippen LogP contribution in [0.5, 0.6) is 0 Å². The van der Waals surface area contributed by atoms with Gasteiger partial charge in [-0.1, -0.05) is 13.3 Å². The molecule has 1 aliphatic carbocycles. The number of nitrogens with zero attached hydrogens (tertiary/aromatic N) is 1. The number of halogens is 2. The summed E-state index contributed by atoms with van der Waals surface area (Å²) in [6.45, 7) is 2.55. The largest absolute Gasteiger partial charge is 0.388 e. The standard InChI is InChI=1S/C14H20BrFN2O/c1-2-10-3-5-14(19,6-4-10)9-18-13-12(16)7-11(15)8-17-13/h7-8,10,19H,2-6,9H2,1H3,(H,17,18). The van der Waals surface area contributed by atoms with Crippen LogP contribution in [0.1, 0.15) is 39.0 Å². The summed E-state index contributed by atoms with van der Waals surface area (Å²) in [7, 11) is 0. The zero-order valence-corrected chi connectivity index (χ0v) is 12.7. The third kappa shape index (κ3) is 3.89. The summed E-state index contributed by atoms with van der Waals surface area (Å²) in [4.78, 5) is 3.98. The fourth-order valence-corrected chi connectivity index (χ4v) is 2.90. The van der Waals surface area contributed by atoms with Gasteiger partial charge in [-0.05, 0) is 53.6 Å². The zero-order chi connectivity index (χ0) is 13.9. The first-order chi connectivity index (χ1) is 9.02. The van der Waals surface area contributed by atoms with Crippen LogP contribution in [0, 0.1) is 11.7 Å². The molecule has 1 aromatic heterocycles. The first-order valence-corrected chi connectivity index (χ1v) is 7.59. The van der Waals surface area contributed by atoms with Crippen molar-refractivity contribution in [2.24, 2.45) is 5.92 Å². The second-order valence-corrected chi connectivity index (χ2v) is 6.33. The molecule has 1 aliphatic rings. The Morgan fingerprint density at radius 3 is 2.79 bits per heavy atom. The van der Waals surface area contributed by atoms with E-state index in [-0.39, 0.29) is 5.82 Å². The number of nitrogens with one attached hydrogen (secondary N) is 1. The van der Waals surface area contributed by atoms with Crippen LogP contribution in [0.4, 0.5) is 10.2 Å². The van der Waals surface area contributed by atoms with E-state index in [1.54, 1.807) is 6.20 Å². The van der Waals surface area contributed by atoms with Gasteiger partial charge in [0.25, 0.3) is 0 Å². The fraction of sp³-hybridized carbons (Fsp3) is 0.643. The second kappa shape index (κ2) is 6.18. The quantitative estimate of drug-likeness (QED) is 0.884. The molecular formula is C14H20BrFN2O. The minimum absolute atomic E-state index is 0.203. The fourth-order valence-electron chi connectivity index (χ4n) is 2.59. The summed E-state index contributed by atoms with van der Waals surface area (Å²) in [5.41, 5.74) is -0.729. The average molecular weight is 331 g/mol. The monoisotopic (exact) mass is 330 g/mol. The molecule has 19 heavy (non-hydrogen) atoms. The molecule has 1 fully saturated rings. The van der Waals surface area contributed by atoms with E-state index in [4.69, 9.17) is 0 Å². The van der Waals surface area contributed by atoms with E-state index < -0.39 is 11.4 Å². The van der Waals surface area contributed by atoms with Crippen LogP contribution in [0.2, 0.25) is 0 Å². The Morgan fingerprint density at radius 1 is 1.53 bits per heavy atom. The van der Waals surface area contributed by atoms with E-state index >= 15 is 0 Å². The summed E-state index contributed by atoms with van der Waals surface area (Å²) in [6.07, 6.45) is 6.36. The van der Waals surface area contributed by atoms with Crippen molar-refractivity contribution in [3.63, 3.8) is 0 Å². The maximum absolute atomic E-state index is 13.6. The van der Waals surface area contributed by atoms with Crippen molar-refractivity contribution in [1.29, 1.82) is 0 Å². The molecule has 2 N–H and O–H groups in total. The molecule has 3 nitrogen and oxygen atoms in total. The summed E-state index contributed by atoms with van der Waals surface area (Å²) in [6, 6.07) is 1.37. The van der Waals surface area contributed by atoms with Gasteiger partial charge >= 0.3 is 0 Å². The van der Waals surface area contributed by atoms with E-state index in [9.17, 15) is 9.50 Å². The van der Waals surface area contributed by atoms with Crippen molar-refractivity contribution in [2.45, 2.75) is 44.6 Å². The number of aliphatic hydroxyl groups is 1. The van der Waals surface area contributed by atoms with Gasteiger partial charge in [0.1, 0.15) is 0 Å². The number of anilines is 1. The summed E-state index contributed by atoms with van der Waals surface area (Å²) in [5, 5.41) is 13.4. The molecule has 1 heterocycles. The number of aromatic nitrogens is 1. The summed E-state index contributed by atoms with van der Waals surface area (Å²) >= 11 is 3.17. The molecule has 5 heteroatoms. The first kappa shape index (κ1) is 14.7. The van der Waals surface area contributed by atoms with Gasteiger partial charge < -0.3 is 10.4 Å². The summed E-state index contributed by atoms with van der Waals surface area (Å²) < 4.78 is 14.2. The highest BCUT2D eigenvalue weighted by Crippen LogP contribution is 2.33. The molecule has 0 saturated heterocycles. The van der Waals surface area contributed by atoms with Crippen molar-refractivity contribution in [3.8, 4) is 0 Å². The number of hydrogen-bond acceptors (Lipinski definition) is 3. The predicted molar refractivity (Wildman–Crippen MR) is 77.6 cm³/mol. The normalized spacial score (nSPS) is 27.3. The second-order valence-electron chi connectivity index (χ2n) is 5.41. The molecule has 106 valence electrons. The van der Waals surface area contributed by atoms with Crippen LogP contribution < -0.4 is 5.32 Å². The molecule has 1 saturated carbocycles. The van der Waals surface area contributed by atoms with E-state index in [0.29, 0.717) is 11.0 Å². The lowest BCUT2D eigenvalue weighted by atomic mass is 9.78. The van der Waals surface area contributed by atoms with Gasteiger partial charge in [0.15, 0.2) is 11.6 Å². The van der Waals surface area contributed by atoms with Crippen LogP contribution in [0.3, 0.4) is 0 Å². The van der Waals surface area contributed by atoms with Gasteiger partial charge in [0, 0.05) is 17.2 Å². The van der Waals surface area contributed by atoms with E-state index in [0.717, 1.165) is 31.6 Å². The lowest BCUT2D eigenvalue weighted by Gasteiger charge is -2.36. The van der Waals surface area contributed by atoms with Gasteiger partial charge in [-0.3, -0.25) is 0 Å². The van der Waals surface area contributed by atoms with Crippen molar-refractivity contribution in [3.05, 3.63) is 22.6 Å². The Labute approximate surface area is 121 Å². The molecule has 0 amide bonds. The smallest absolute Gasteiger partial charge is 0.166 e. The van der Waals surface area contributed by atoms with E-state index in [1.165, 1.54) is 12.5 Å². The Kier molecular flexibility index (Phi) is 4.79. The van der Waals surface area contributed by atoms with Gasteiger partial charge in [-0.15, -0.1) is 0 Å². The Balaban J connectivity index is 1.91. The SMILES string of the molecule is CCC1CCC(O)(CNc2ncc(Br)cc2F)CC1. The highest BCUT2D eigenvalue weighted by atomic mass is 79.9. The average Bonchev–Trinajstić information content (AvgIpc) is 2.39. The minimum atomic E-state index is -0.729. The number of rotatable bonds is 4. The third-order valence-electron chi connectivity index (χ3n) is 4.01. The molecule has 0 atom stereocenters. The van der Waals surface area contributed by atoms with E-state index in [2.05, 4.69) is 33.2 Å². The van der Waals surface area contributed by atoms with Gasteiger partial charge in [0.05, 0.1) is 5.60 Å². The molecule has 0 aromatic carbocycles. The maximum atomic E-state index is 13.6. The number of hydrogen-bond donors (Lipinski definition) is 2. The predicted octanol–water partition coefficient (Wildman–Crippen LogP) is 3.73. The molecule has 0 spiro atoms. The van der Waals surface area contributed by atoms with Crippen molar-refractivity contribution in [1.82, 2.24) is 4.98 Å². The van der Waals surface area contributed by atoms with Crippen molar-refractivity contribution >= 4 is 21.7 Å². The molecule has 1 aromatic rings. The van der Waals surface area contributed by atoms with Crippen LogP contribution >= 0.6 is 15.9 Å². The van der Waals surface area contributed by atoms with Crippen LogP contribution in [0.15, 0.2) is 16.7 Å². The zero-order valence-electron chi connectivity index (χ0n) is 11.1. The van der Waals surface area contributed by atoms with E-state index in [1.807, 2.05) is 0 Å². The Bertz CT molecular complexity index is 433. The Hall–Kier alpha value is -0.680. The van der Waals surface area contributed by atoms with Crippen LogP contribution in [-0.2, 0) is 0 Å². The lowest BCUT2D eigenvalue weighted by molar-refractivity contribution is 0.00218. The molecule has 2 rings (SSSR count). The topological polar surface area (TPSA) is 45.1 Å². The molecule has 0 radical (unpaired) electrons. The molecule has 0 unspecified atom stereocenters. The first-order valence-electron chi connectivity index (χ1n) is 6.80. The van der Waals surface area contributed by atoms with Gasteiger partial charge in [-0.2, -0.15) is 0 Å². The number of pyridine rings is 1. The third-order valence-corrected chi connectivity index (χ3v) is 4.44. The van der Waals surface area contributed by atoms with Crippen molar-refractivity contribution in [2.75, 3.05) is 11.9 Å². The highest BCUT2D eigenvalue weighted by molar-refractivity contribution is 9.10. The highest BCUT2D eigenvalue weighted by Gasteiger charge is 2.32. The van der Waals surface area contributed by atoms with Gasteiger partial charge in [-0.25, -0.2) is 9.37 Å². The Morgan fingerprint density at radius 2 is 2.21 bits per heavy atom. The maximum Gasteiger partial charge on any atom is 0.166 e. The molecule has 0 bridgehead atoms. The molecular weight excluding hydrogens is 311 g/mol. The van der Waals surface area contributed by atoms with Crippen LogP contribution in [0.25, 0.3) is 0 Å². The van der Waals surface area contributed by atoms with Gasteiger partial charge in [0.2, 0.25) is 0 Å². The lowest BCUT2D eigenvalue weighted by Crippen LogP contribution is -2.40. The summed E-state index contributed by atoms with van der Waals surface area (Å²) in [5.74, 6) is 0.525. The van der Waals surface area contributed by atoms with Crippen LogP contribution in [-0.4, -0.2) is 22.2 Å². The minimum Gasteiger partial charge on any atom is -0.388 e. The van der Waals surface area contributed by atoms with Crippen molar-refractivity contribution < 1.29 is 9.50 Å².